The van der Waals surface area contributed by atoms with Crippen molar-refractivity contribution in [1.82, 2.24) is 0 Å². The molecule has 0 amide bonds. The van der Waals surface area contributed by atoms with E-state index in [4.69, 9.17) is 10.2 Å². The summed E-state index contributed by atoms with van der Waals surface area (Å²) in [5.41, 5.74) is 0. The smallest absolute Gasteiger partial charge is 0.191 e. The molecule has 0 aliphatic carbocycles. The van der Waals surface area contributed by atoms with Gasteiger partial charge in [-0.2, -0.15) is 0 Å². The first-order valence-corrected chi connectivity index (χ1v) is 3.24. The number of aliphatic hydroxyl groups excluding tert-OH is 2. The second kappa shape index (κ2) is 4.63. The Morgan fingerprint density at radius 2 is 1.91 bits per heavy atom. The van der Waals surface area contributed by atoms with Gasteiger partial charge in [0.2, 0.25) is 0 Å². The van der Waals surface area contributed by atoms with E-state index in [0.717, 1.165) is 0 Å². The highest BCUT2D eigenvalue weighted by Crippen LogP contribution is 2.13. The number of hydrogen-bond acceptors (Lipinski definition) is 5. The molecule has 2 unspecified atom stereocenters. The van der Waals surface area contributed by atoms with Crippen molar-refractivity contribution in [3.63, 3.8) is 0 Å². The molecular weight excluding hydrogens is 152 g/mol. The maximum Gasteiger partial charge on any atom is 0.191 e. The molecule has 0 aliphatic heterocycles. The molecule has 0 radical (unpaired) electrons. The molecule has 68 valence electrons. The Bertz CT molecular complexity index is 103. The monoisotopic (exact) mass is 166 g/mol. The minimum Gasteiger partial charge on any atom is -0.371 e. The van der Waals surface area contributed by atoms with Gasteiger partial charge in [-0.3, -0.25) is 0 Å². The summed E-state index contributed by atoms with van der Waals surface area (Å²) in [7, 11) is 0. The van der Waals surface area contributed by atoms with E-state index in [1.807, 2.05) is 0 Å². The van der Waals surface area contributed by atoms with E-state index in [-0.39, 0.29) is 0 Å². The predicted molar refractivity (Wildman–Crippen MR) is 36.4 cm³/mol. The molecule has 3 N–H and O–H groups in total. The van der Waals surface area contributed by atoms with Crippen LogP contribution in [0.15, 0.2) is 0 Å². The summed E-state index contributed by atoms with van der Waals surface area (Å²) in [5.74, 6) is -1.57. The highest BCUT2D eigenvalue weighted by Gasteiger charge is 2.29. The van der Waals surface area contributed by atoms with Gasteiger partial charge in [-0.25, -0.2) is 0 Å². The van der Waals surface area contributed by atoms with Crippen molar-refractivity contribution in [2.45, 2.75) is 25.7 Å². The third-order valence-electron chi connectivity index (χ3n) is 1.44. The lowest BCUT2D eigenvalue weighted by atomic mass is 10.2. The summed E-state index contributed by atoms with van der Waals surface area (Å²) < 4.78 is 9.15. The molecule has 0 aromatic carbocycles. The van der Waals surface area contributed by atoms with Crippen molar-refractivity contribution in [3.05, 3.63) is 0 Å². The van der Waals surface area contributed by atoms with Crippen LogP contribution in [0.5, 0.6) is 0 Å². The summed E-state index contributed by atoms with van der Waals surface area (Å²) in [6.07, 6.45) is -0.695. The molecule has 0 saturated heterocycles. The van der Waals surface area contributed by atoms with Crippen molar-refractivity contribution >= 4 is 0 Å². The zero-order valence-electron chi connectivity index (χ0n) is 6.65. The van der Waals surface area contributed by atoms with Crippen molar-refractivity contribution in [1.29, 1.82) is 0 Å². The molecule has 5 heteroatoms. The number of aliphatic hydroxyl groups is 3. The first-order valence-electron chi connectivity index (χ1n) is 3.24. The molecular formula is C6H14O5. The molecule has 0 aromatic heterocycles. The van der Waals surface area contributed by atoms with Gasteiger partial charge < -0.3 is 24.8 Å². The summed E-state index contributed by atoms with van der Waals surface area (Å²) in [5, 5.41) is 25.9. The third-order valence-corrected chi connectivity index (χ3v) is 1.44. The molecule has 0 spiro atoms. The van der Waals surface area contributed by atoms with Crippen LogP contribution in [0.4, 0.5) is 0 Å². The minimum absolute atomic E-state index is 0.494. The Morgan fingerprint density at radius 1 is 1.36 bits per heavy atom. The normalized spacial score (nSPS) is 19.4. The van der Waals surface area contributed by atoms with Gasteiger partial charge in [-0.15, -0.1) is 0 Å². The van der Waals surface area contributed by atoms with Gasteiger partial charge in [-0.05, 0) is 13.8 Å². The highest BCUT2D eigenvalue weighted by molar-refractivity contribution is 4.67. The molecule has 0 aromatic rings. The quantitative estimate of drug-likeness (QED) is 0.457. The zero-order chi connectivity index (χ0) is 8.91. The Morgan fingerprint density at radius 3 is 2.27 bits per heavy atom. The molecule has 2 atom stereocenters. The van der Waals surface area contributed by atoms with Crippen LogP contribution in [-0.4, -0.2) is 40.8 Å². The van der Waals surface area contributed by atoms with E-state index < -0.39 is 25.5 Å². The van der Waals surface area contributed by atoms with Gasteiger partial charge in [-0.1, -0.05) is 0 Å². The molecule has 0 heterocycles. The second-order valence-electron chi connectivity index (χ2n) is 2.27. The van der Waals surface area contributed by atoms with Crippen LogP contribution < -0.4 is 0 Å². The second-order valence-corrected chi connectivity index (χ2v) is 2.27. The number of rotatable bonds is 5. The summed E-state index contributed by atoms with van der Waals surface area (Å²) in [6, 6.07) is 0. The highest BCUT2D eigenvalue weighted by atomic mass is 16.7. The lowest BCUT2D eigenvalue weighted by molar-refractivity contribution is -0.284. The van der Waals surface area contributed by atoms with Crippen molar-refractivity contribution < 1.29 is 24.8 Å². The van der Waals surface area contributed by atoms with Crippen LogP contribution >= 0.6 is 0 Å². The summed E-state index contributed by atoms with van der Waals surface area (Å²) in [6.45, 7) is 1.77. The summed E-state index contributed by atoms with van der Waals surface area (Å²) >= 11 is 0. The first kappa shape index (κ1) is 10.8. The summed E-state index contributed by atoms with van der Waals surface area (Å²) in [4.78, 5) is 0. The van der Waals surface area contributed by atoms with Crippen molar-refractivity contribution in [2.75, 3.05) is 13.6 Å². The molecule has 0 fully saturated rings. The molecule has 0 aliphatic rings. The standard InChI is InChI=1S/C6H14O5/c1-5(10-3-7)6(2,9)11-4-8/h5,7-9H,3-4H2,1-2H3. The van der Waals surface area contributed by atoms with Gasteiger partial charge in [0.1, 0.15) is 19.7 Å². The van der Waals surface area contributed by atoms with E-state index in [9.17, 15) is 5.11 Å². The van der Waals surface area contributed by atoms with E-state index in [0.29, 0.717) is 0 Å². The molecule has 0 bridgehead atoms. The molecule has 0 saturated carbocycles. The average molecular weight is 166 g/mol. The lowest BCUT2D eigenvalue weighted by Gasteiger charge is -2.28. The predicted octanol–water partition coefficient (Wildman–Crippen LogP) is -0.984. The molecule has 0 rings (SSSR count). The van der Waals surface area contributed by atoms with E-state index in [1.54, 1.807) is 0 Å². The van der Waals surface area contributed by atoms with E-state index >= 15 is 0 Å². The van der Waals surface area contributed by atoms with Gasteiger partial charge in [0.25, 0.3) is 0 Å². The van der Waals surface area contributed by atoms with Crippen LogP contribution in [0.1, 0.15) is 13.8 Å². The fraction of sp³-hybridized carbons (Fsp3) is 1.00. The Balaban J connectivity index is 3.83. The van der Waals surface area contributed by atoms with Gasteiger partial charge in [0.05, 0.1) is 0 Å². The molecule has 5 nitrogen and oxygen atoms in total. The van der Waals surface area contributed by atoms with E-state index in [2.05, 4.69) is 9.47 Å². The maximum atomic E-state index is 9.30. The van der Waals surface area contributed by atoms with Crippen LogP contribution in [0.25, 0.3) is 0 Å². The van der Waals surface area contributed by atoms with Crippen molar-refractivity contribution in [2.24, 2.45) is 0 Å². The van der Waals surface area contributed by atoms with Crippen molar-refractivity contribution in [3.8, 4) is 0 Å². The zero-order valence-corrected chi connectivity index (χ0v) is 6.65. The first-order chi connectivity index (χ1) is 5.04. The average Bonchev–Trinajstić information content (AvgIpc) is 1.88. The fourth-order valence-electron chi connectivity index (χ4n) is 0.514. The van der Waals surface area contributed by atoms with Gasteiger partial charge >= 0.3 is 0 Å². The number of ether oxygens (including phenoxy) is 2. The largest absolute Gasteiger partial charge is 0.371 e. The van der Waals surface area contributed by atoms with Crippen LogP contribution in [0, 0.1) is 0 Å². The lowest BCUT2D eigenvalue weighted by Crippen LogP contribution is -2.42. The molecule has 11 heavy (non-hydrogen) atoms. The van der Waals surface area contributed by atoms with E-state index in [1.165, 1.54) is 13.8 Å². The Kier molecular flexibility index (Phi) is 4.55. The van der Waals surface area contributed by atoms with Crippen LogP contribution in [-0.2, 0) is 9.47 Å². The Labute approximate surface area is 65.2 Å². The fourth-order valence-corrected chi connectivity index (χ4v) is 0.514. The van der Waals surface area contributed by atoms with Gasteiger partial charge in [0, 0.05) is 0 Å². The minimum atomic E-state index is -1.57. The van der Waals surface area contributed by atoms with Gasteiger partial charge in [0.15, 0.2) is 5.79 Å². The van der Waals surface area contributed by atoms with Crippen LogP contribution in [0.2, 0.25) is 0 Å². The topological polar surface area (TPSA) is 79.2 Å². The maximum absolute atomic E-state index is 9.30. The SMILES string of the molecule is CC(OCO)C(C)(O)OCO. The Hall–Kier alpha value is -0.200. The number of hydrogen-bond donors (Lipinski definition) is 3. The third kappa shape index (κ3) is 3.64. The van der Waals surface area contributed by atoms with Crippen LogP contribution in [0.3, 0.4) is 0 Å².